The van der Waals surface area contributed by atoms with Gasteiger partial charge in [-0.15, -0.1) is 0 Å². The van der Waals surface area contributed by atoms with E-state index in [-0.39, 0.29) is 61.1 Å². The van der Waals surface area contributed by atoms with Crippen LogP contribution >= 0.6 is 0 Å². The summed E-state index contributed by atoms with van der Waals surface area (Å²) < 4.78 is 44.2. The van der Waals surface area contributed by atoms with Crippen molar-refractivity contribution in [2.45, 2.75) is 58.2 Å². The van der Waals surface area contributed by atoms with E-state index in [0.717, 1.165) is 24.2 Å². The summed E-state index contributed by atoms with van der Waals surface area (Å²) in [5.74, 6) is -3.92. The van der Waals surface area contributed by atoms with Crippen LogP contribution in [0.2, 0.25) is 0 Å². The molecule has 14 heteroatoms. The standard InChI is InChI=1S/C39H46FN3O10/c1-24-20-27(21-25(2)35(24)52-23-50-4)36(45)41-33-28(14-11-19-43(39(47)48)37(33)53-38(46)26-12-7-5-8-13-26)34(44)31-30(51-22-49-3)16-15-29(32(31)40)42-17-9-6-10-18-42/h5,7-8,12-13,15-16,20-21,28,33,37H,6,9-11,14,17-19,22-23H2,1-4H3,(H,41,45)(H,47,48). The van der Waals surface area contributed by atoms with Gasteiger partial charge < -0.3 is 39.0 Å². The van der Waals surface area contributed by atoms with Gasteiger partial charge in [0.2, 0.25) is 6.23 Å². The van der Waals surface area contributed by atoms with Crippen LogP contribution in [-0.4, -0.2) is 93.5 Å². The Kier molecular flexibility index (Phi) is 13.3. The molecule has 2 N–H and O–H groups in total. The number of likely N-dealkylation sites (tertiary alicyclic amines) is 1. The second-order valence-corrected chi connectivity index (χ2v) is 13.1. The Balaban J connectivity index is 1.62. The Labute approximate surface area is 307 Å². The van der Waals surface area contributed by atoms with Gasteiger partial charge in [-0.1, -0.05) is 18.2 Å². The average Bonchev–Trinajstić information content (AvgIpc) is 3.33. The maximum atomic E-state index is 16.8. The minimum absolute atomic E-state index is 0.00975. The van der Waals surface area contributed by atoms with Crippen LogP contribution in [0.3, 0.4) is 0 Å². The number of esters is 1. The highest BCUT2D eigenvalue weighted by Gasteiger charge is 2.46. The van der Waals surface area contributed by atoms with E-state index in [9.17, 15) is 24.3 Å². The number of benzene rings is 3. The van der Waals surface area contributed by atoms with Gasteiger partial charge in [0.25, 0.3) is 5.91 Å². The lowest BCUT2D eigenvalue weighted by atomic mass is 9.85. The van der Waals surface area contributed by atoms with Gasteiger partial charge in [-0.25, -0.2) is 14.0 Å². The molecule has 2 aliphatic heterocycles. The summed E-state index contributed by atoms with van der Waals surface area (Å²) in [7, 11) is 2.88. The fourth-order valence-electron chi connectivity index (χ4n) is 6.99. The lowest BCUT2D eigenvalue weighted by Gasteiger charge is -2.36. The summed E-state index contributed by atoms with van der Waals surface area (Å²) in [5, 5.41) is 13.2. The van der Waals surface area contributed by atoms with Crippen molar-refractivity contribution in [3.05, 3.63) is 88.2 Å². The molecule has 2 aliphatic rings. The van der Waals surface area contributed by atoms with Gasteiger partial charge in [-0.2, -0.15) is 0 Å². The molecule has 0 bridgehead atoms. The highest BCUT2D eigenvalue weighted by molar-refractivity contribution is 6.03. The Morgan fingerprint density at radius 1 is 0.849 bits per heavy atom. The van der Waals surface area contributed by atoms with Crippen molar-refractivity contribution in [1.29, 1.82) is 0 Å². The summed E-state index contributed by atoms with van der Waals surface area (Å²) in [6.07, 6.45) is -0.224. The number of nitrogens with zero attached hydrogens (tertiary/aromatic N) is 2. The predicted molar refractivity (Wildman–Crippen MR) is 192 cm³/mol. The molecule has 0 aromatic heterocycles. The summed E-state index contributed by atoms with van der Waals surface area (Å²) in [5.41, 5.74) is 1.42. The van der Waals surface area contributed by atoms with E-state index in [0.29, 0.717) is 30.0 Å². The quantitative estimate of drug-likeness (QED) is 0.122. The number of carbonyl (C=O) groups excluding carboxylic acids is 3. The monoisotopic (exact) mass is 735 g/mol. The Morgan fingerprint density at radius 3 is 2.15 bits per heavy atom. The molecule has 2 saturated heterocycles. The number of amides is 2. The number of ketones is 1. The number of anilines is 1. The maximum Gasteiger partial charge on any atom is 0.410 e. The molecule has 0 spiro atoms. The minimum Gasteiger partial charge on any atom is -0.467 e. The first-order valence-electron chi connectivity index (χ1n) is 17.6. The third-order valence-electron chi connectivity index (χ3n) is 9.48. The Hall–Kier alpha value is -5.21. The topological polar surface area (TPSA) is 153 Å². The molecule has 0 aliphatic carbocycles. The number of nitrogens with one attached hydrogen (secondary N) is 1. The number of Topliss-reactive ketones (excluding diaryl/α,β-unsaturated/α-hetero) is 1. The molecule has 5 rings (SSSR count). The van der Waals surface area contributed by atoms with Crippen LogP contribution in [0.1, 0.15) is 74.3 Å². The summed E-state index contributed by atoms with van der Waals surface area (Å²) in [4.78, 5) is 58.1. The minimum atomic E-state index is -1.68. The fraction of sp³-hybridized carbons (Fsp3) is 0.436. The maximum absolute atomic E-state index is 16.8. The fourth-order valence-corrected chi connectivity index (χ4v) is 6.99. The molecule has 2 heterocycles. The van der Waals surface area contributed by atoms with E-state index >= 15 is 4.39 Å². The molecule has 3 unspecified atom stereocenters. The van der Waals surface area contributed by atoms with Crippen molar-refractivity contribution in [2.24, 2.45) is 5.92 Å². The zero-order valence-corrected chi connectivity index (χ0v) is 30.4. The lowest BCUT2D eigenvalue weighted by Crippen LogP contribution is -2.58. The second kappa shape index (κ2) is 18.0. The normalized spacial score (nSPS) is 18.8. The van der Waals surface area contributed by atoms with Crippen molar-refractivity contribution < 1.29 is 52.4 Å². The SMILES string of the molecule is COCOc1ccc(N2CCCCC2)c(F)c1C(=O)C1CCCN(C(=O)O)C(OC(=O)c2ccccc2)C1NC(=O)c1cc(C)c(OCOC)c(C)c1. The number of carboxylic acid groups (broad SMARTS) is 1. The van der Waals surface area contributed by atoms with Crippen molar-refractivity contribution >= 4 is 29.4 Å². The van der Waals surface area contributed by atoms with Crippen LogP contribution in [0, 0.1) is 25.6 Å². The van der Waals surface area contributed by atoms with E-state index in [1.807, 2.05) is 4.90 Å². The van der Waals surface area contributed by atoms with Crippen LogP contribution in [0.15, 0.2) is 54.6 Å². The first-order valence-corrected chi connectivity index (χ1v) is 17.6. The van der Waals surface area contributed by atoms with Gasteiger partial charge in [0.1, 0.15) is 11.5 Å². The molecule has 2 amide bonds. The molecule has 3 atom stereocenters. The zero-order valence-electron chi connectivity index (χ0n) is 30.4. The van der Waals surface area contributed by atoms with Gasteiger partial charge >= 0.3 is 12.1 Å². The second-order valence-electron chi connectivity index (χ2n) is 13.1. The Morgan fingerprint density at radius 2 is 1.51 bits per heavy atom. The van der Waals surface area contributed by atoms with Crippen molar-refractivity contribution in [3.63, 3.8) is 0 Å². The molecule has 3 aromatic rings. The molecular formula is C39H46FN3O10. The largest absolute Gasteiger partial charge is 0.467 e. The third kappa shape index (κ3) is 9.06. The van der Waals surface area contributed by atoms with Crippen molar-refractivity contribution in [3.8, 4) is 11.5 Å². The zero-order chi connectivity index (χ0) is 38.1. The van der Waals surface area contributed by atoms with Gasteiger partial charge in [0.05, 0.1) is 22.9 Å². The van der Waals surface area contributed by atoms with Crippen LogP contribution in [-0.2, 0) is 14.2 Å². The molecule has 0 radical (unpaired) electrons. The van der Waals surface area contributed by atoms with Gasteiger partial charge in [-0.05, 0) is 93.5 Å². The number of hydrogen-bond donors (Lipinski definition) is 2. The highest BCUT2D eigenvalue weighted by Crippen LogP contribution is 2.37. The molecule has 284 valence electrons. The summed E-state index contributed by atoms with van der Waals surface area (Å²) in [6, 6.07) is 12.7. The molecule has 0 saturated carbocycles. The number of aryl methyl sites for hydroxylation is 2. The van der Waals surface area contributed by atoms with E-state index in [2.05, 4.69) is 5.32 Å². The summed E-state index contributed by atoms with van der Waals surface area (Å²) in [6.45, 7) is 4.29. The van der Waals surface area contributed by atoms with Gasteiger partial charge in [-0.3, -0.25) is 14.5 Å². The molecule has 13 nitrogen and oxygen atoms in total. The third-order valence-corrected chi connectivity index (χ3v) is 9.48. The van der Waals surface area contributed by atoms with Crippen LogP contribution in [0.5, 0.6) is 11.5 Å². The molecule has 3 aromatic carbocycles. The first-order chi connectivity index (χ1) is 25.5. The number of piperidine rings is 1. The average molecular weight is 736 g/mol. The van der Waals surface area contributed by atoms with Crippen molar-refractivity contribution in [1.82, 2.24) is 10.2 Å². The predicted octanol–water partition coefficient (Wildman–Crippen LogP) is 5.95. The smallest absolute Gasteiger partial charge is 0.410 e. The number of halogens is 1. The number of rotatable bonds is 13. The van der Waals surface area contributed by atoms with E-state index in [1.165, 1.54) is 32.4 Å². The van der Waals surface area contributed by atoms with Crippen LogP contribution < -0.4 is 19.7 Å². The Bertz CT molecular complexity index is 1760. The van der Waals surface area contributed by atoms with E-state index < -0.39 is 47.8 Å². The highest BCUT2D eigenvalue weighted by atomic mass is 19.1. The number of methoxy groups -OCH3 is 2. The van der Waals surface area contributed by atoms with E-state index in [1.54, 1.807) is 50.2 Å². The van der Waals surface area contributed by atoms with Crippen LogP contribution in [0.25, 0.3) is 0 Å². The van der Waals surface area contributed by atoms with Gasteiger partial charge in [0.15, 0.2) is 25.2 Å². The summed E-state index contributed by atoms with van der Waals surface area (Å²) >= 11 is 0. The van der Waals surface area contributed by atoms with Crippen molar-refractivity contribution in [2.75, 3.05) is 52.3 Å². The number of ether oxygens (including phenoxy) is 5. The van der Waals surface area contributed by atoms with E-state index in [4.69, 9.17) is 23.7 Å². The molecule has 53 heavy (non-hydrogen) atoms. The lowest BCUT2D eigenvalue weighted by molar-refractivity contribution is -0.0416. The number of hydrogen-bond acceptors (Lipinski definition) is 10. The van der Waals surface area contributed by atoms with Crippen LogP contribution in [0.4, 0.5) is 14.9 Å². The molecule has 2 fully saturated rings. The first kappa shape index (κ1) is 39.0. The molecular weight excluding hydrogens is 689 g/mol. The van der Waals surface area contributed by atoms with Gasteiger partial charge in [0, 0.05) is 45.3 Å². The number of carbonyl (C=O) groups is 4.